The second kappa shape index (κ2) is 4.04. The maximum absolute atomic E-state index is 9.29. The number of aliphatic hydroxyl groups is 1. The van der Waals surface area contributed by atoms with E-state index in [1.165, 1.54) is 6.20 Å². The maximum atomic E-state index is 9.29. The van der Waals surface area contributed by atoms with Gasteiger partial charge in [0, 0.05) is 0 Å². The van der Waals surface area contributed by atoms with Crippen LogP contribution >= 0.6 is 11.6 Å². The molecule has 78 valence electrons. The van der Waals surface area contributed by atoms with Gasteiger partial charge in [0.2, 0.25) is 5.89 Å². The molecule has 0 aliphatic carbocycles. The highest BCUT2D eigenvalue weighted by atomic mass is 35.5. The van der Waals surface area contributed by atoms with Crippen LogP contribution in [0, 0.1) is 0 Å². The Kier molecular flexibility index (Phi) is 2.75. The monoisotopic (exact) mass is 223 g/mol. The number of aliphatic hydroxyl groups excluding tert-OH is 1. The molecule has 3 nitrogen and oxygen atoms in total. The van der Waals surface area contributed by atoms with Crippen LogP contribution in [0.15, 0.2) is 34.9 Å². The van der Waals surface area contributed by atoms with Gasteiger partial charge in [-0.2, -0.15) is 0 Å². The summed E-state index contributed by atoms with van der Waals surface area (Å²) >= 11 is 5.99. The molecule has 0 fully saturated rings. The van der Waals surface area contributed by atoms with Crippen molar-refractivity contribution in [1.29, 1.82) is 0 Å². The summed E-state index contributed by atoms with van der Waals surface area (Å²) in [7, 11) is 0. The minimum atomic E-state index is -0.659. The van der Waals surface area contributed by atoms with Crippen LogP contribution in [0.25, 0.3) is 11.5 Å². The van der Waals surface area contributed by atoms with E-state index in [2.05, 4.69) is 4.98 Å². The predicted octanol–water partition coefficient (Wildman–Crippen LogP) is 3.05. The molecular formula is C11H10ClNO2. The third kappa shape index (κ3) is 2.03. The van der Waals surface area contributed by atoms with Gasteiger partial charge in [-0.1, -0.05) is 23.7 Å². The average molecular weight is 224 g/mol. The van der Waals surface area contributed by atoms with Gasteiger partial charge in [0.15, 0.2) is 5.76 Å². The SMILES string of the molecule is CC(O)c1cnc(-c2ccccc2Cl)o1. The number of hydrogen-bond donors (Lipinski definition) is 1. The summed E-state index contributed by atoms with van der Waals surface area (Å²) in [4.78, 5) is 4.06. The van der Waals surface area contributed by atoms with Gasteiger partial charge in [-0.15, -0.1) is 0 Å². The molecule has 0 radical (unpaired) electrons. The van der Waals surface area contributed by atoms with Crippen LogP contribution in [-0.2, 0) is 0 Å². The Hall–Kier alpha value is -1.32. The van der Waals surface area contributed by atoms with Crippen LogP contribution in [0.1, 0.15) is 18.8 Å². The second-order valence-corrected chi connectivity index (χ2v) is 3.63. The predicted molar refractivity (Wildman–Crippen MR) is 57.6 cm³/mol. The van der Waals surface area contributed by atoms with E-state index in [-0.39, 0.29) is 0 Å². The molecule has 0 amide bonds. The van der Waals surface area contributed by atoms with Crippen molar-refractivity contribution in [2.24, 2.45) is 0 Å². The fraction of sp³-hybridized carbons (Fsp3) is 0.182. The summed E-state index contributed by atoms with van der Waals surface area (Å²) in [6.07, 6.45) is 0.845. The van der Waals surface area contributed by atoms with Gasteiger partial charge in [-0.25, -0.2) is 4.98 Å². The summed E-state index contributed by atoms with van der Waals surface area (Å²) in [5.74, 6) is 0.862. The highest BCUT2D eigenvalue weighted by Gasteiger charge is 2.12. The molecule has 2 aromatic rings. The van der Waals surface area contributed by atoms with E-state index in [0.29, 0.717) is 16.7 Å². The lowest BCUT2D eigenvalue weighted by Crippen LogP contribution is -1.85. The molecule has 2 rings (SSSR count). The quantitative estimate of drug-likeness (QED) is 0.851. The van der Waals surface area contributed by atoms with Gasteiger partial charge < -0.3 is 9.52 Å². The molecule has 0 saturated carbocycles. The van der Waals surface area contributed by atoms with Gasteiger partial charge in [0.1, 0.15) is 6.10 Å². The van der Waals surface area contributed by atoms with Gasteiger partial charge in [-0.05, 0) is 19.1 Å². The van der Waals surface area contributed by atoms with Crippen molar-refractivity contribution in [3.8, 4) is 11.5 Å². The van der Waals surface area contributed by atoms with Crippen LogP contribution in [0.2, 0.25) is 5.02 Å². The Morgan fingerprint density at radius 2 is 2.13 bits per heavy atom. The van der Waals surface area contributed by atoms with E-state index in [9.17, 15) is 5.11 Å². The number of hydrogen-bond acceptors (Lipinski definition) is 3. The minimum Gasteiger partial charge on any atom is -0.438 e. The second-order valence-electron chi connectivity index (χ2n) is 3.22. The van der Waals surface area contributed by atoms with Crippen LogP contribution in [0.5, 0.6) is 0 Å². The molecule has 0 aliphatic heterocycles. The van der Waals surface area contributed by atoms with Crippen molar-refractivity contribution in [2.75, 3.05) is 0 Å². The van der Waals surface area contributed by atoms with Gasteiger partial charge in [-0.3, -0.25) is 0 Å². The Morgan fingerprint density at radius 1 is 1.40 bits per heavy atom. The average Bonchev–Trinajstić information content (AvgIpc) is 2.67. The number of nitrogens with zero attached hydrogens (tertiary/aromatic N) is 1. The van der Waals surface area contributed by atoms with Crippen LogP contribution in [-0.4, -0.2) is 10.1 Å². The number of rotatable bonds is 2. The first-order chi connectivity index (χ1) is 7.18. The molecular weight excluding hydrogens is 214 g/mol. The van der Waals surface area contributed by atoms with E-state index in [0.717, 1.165) is 5.56 Å². The molecule has 0 spiro atoms. The summed E-state index contributed by atoms with van der Waals surface area (Å²) in [6, 6.07) is 7.28. The Morgan fingerprint density at radius 3 is 2.73 bits per heavy atom. The van der Waals surface area contributed by atoms with E-state index in [4.69, 9.17) is 16.0 Å². The zero-order chi connectivity index (χ0) is 10.8. The molecule has 1 atom stereocenters. The third-order valence-corrected chi connectivity index (χ3v) is 2.37. The number of oxazole rings is 1. The van der Waals surface area contributed by atoms with E-state index >= 15 is 0 Å². The number of benzene rings is 1. The zero-order valence-electron chi connectivity index (χ0n) is 8.14. The topological polar surface area (TPSA) is 46.3 Å². The molecule has 1 aromatic carbocycles. The van der Waals surface area contributed by atoms with Crippen LogP contribution < -0.4 is 0 Å². The Labute approximate surface area is 92.3 Å². The highest BCUT2D eigenvalue weighted by molar-refractivity contribution is 6.33. The largest absolute Gasteiger partial charge is 0.438 e. The molecule has 4 heteroatoms. The van der Waals surface area contributed by atoms with Crippen molar-refractivity contribution in [2.45, 2.75) is 13.0 Å². The lowest BCUT2D eigenvalue weighted by molar-refractivity contribution is 0.170. The van der Waals surface area contributed by atoms with E-state index < -0.39 is 6.10 Å². The molecule has 1 unspecified atom stereocenters. The van der Waals surface area contributed by atoms with Crippen molar-refractivity contribution in [1.82, 2.24) is 4.98 Å². The van der Waals surface area contributed by atoms with Crippen molar-refractivity contribution < 1.29 is 9.52 Å². The zero-order valence-corrected chi connectivity index (χ0v) is 8.90. The first-order valence-electron chi connectivity index (χ1n) is 4.57. The number of aromatic nitrogens is 1. The Balaban J connectivity index is 2.42. The van der Waals surface area contributed by atoms with Crippen LogP contribution in [0.3, 0.4) is 0 Å². The fourth-order valence-corrected chi connectivity index (χ4v) is 1.46. The van der Waals surface area contributed by atoms with Gasteiger partial charge in [0.05, 0.1) is 16.8 Å². The summed E-state index contributed by atoms with van der Waals surface area (Å²) in [5.41, 5.74) is 0.728. The van der Waals surface area contributed by atoms with E-state index in [1.807, 2.05) is 18.2 Å². The van der Waals surface area contributed by atoms with Crippen molar-refractivity contribution in [3.05, 3.63) is 41.2 Å². The van der Waals surface area contributed by atoms with E-state index in [1.54, 1.807) is 13.0 Å². The normalized spacial score (nSPS) is 12.7. The summed E-state index contributed by atoms with van der Waals surface area (Å²) in [6.45, 7) is 1.62. The molecule has 0 aliphatic rings. The molecule has 0 saturated heterocycles. The van der Waals surface area contributed by atoms with Gasteiger partial charge in [0.25, 0.3) is 0 Å². The minimum absolute atomic E-state index is 0.427. The Bertz CT molecular complexity index is 465. The molecule has 15 heavy (non-hydrogen) atoms. The lowest BCUT2D eigenvalue weighted by atomic mass is 10.2. The summed E-state index contributed by atoms with van der Waals surface area (Å²) in [5, 5.41) is 9.87. The van der Waals surface area contributed by atoms with Gasteiger partial charge >= 0.3 is 0 Å². The molecule has 0 bridgehead atoms. The van der Waals surface area contributed by atoms with Crippen molar-refractivity contribution >= 4 is 11.6 Å². The third-order valence-electron chi connectivity index (χ3n) is 2.04. The van der Waals surface area contributed by atoms with Crippen molar-refractivity contribution in [3.63, 3.8) is 0 Å². The molecule has 1 aromatic heterocycles. The fourth-order valence-electron chi connectivity index (χ4n) is 1.24. The van der Waals surface area contributed by atoms with Crippen LogP contribution in [0.4, 0.5) is 0 Å². The lowest BCUT2D eigenvalue weighted by Gasteiger charge is -1.99. The maximum Gasteiger partial charge on any atom is 0.227 e. The highest BCUT2D eigenvalue weighted by Crippen LogP contribution is 2.28. The molecule has 1 N–H and O–H groups in total. The smallest absolute Gasteiger partial charge is 0.227 e. The molecule has 1 heterocycles. The first-order valence-corrected chi connectivity index (χ1v) is 4.95. The standard InChI is InChI=1S/C11H10ClNO2/c1-7(14)10-6-13-11(15-10)8-4-2-3-5-9(8)12/h2-7,14H,1H3. The summed E-state index contributed by atoms with van der Waals surface area (Å²) < 4.78 is 5.37. The first kappa shape index (κ1) is 10.2. The number of halogens is 1.